The van der Waals surface area contributed by atoms with Crippen molar-refractivity contribution in [2.24, 2.45) is 5.73 Å². The quantitative estimate of drug-likeness (QED) is 0.703. The van der Waals surface area contributed by atoms with Crippen molar-refractivity contribution < 1.29 is 23.9 Å². The number of hydrogen-bond acceptors (Lipinski definition) is 5. The molecular formula is C19H20N2O5. The van der Waals surface area contributed by atoms with Gasteiger partial charge in [-0.25, -0.2) is 4.79 Å². The Bertz CT molecular complexity index is 770. The van der Waals surface area contributed by atoms with Crippen LogP contribution in [0, 0.1) is 0 Å². The monoisotopic (exact) mass is 356 g/mol. The lowest BCUT2D eigenvalue weighted by Gasteiger charge is -2.08. The Hall–Kier alpha value is -3.35. The van der Waals surface area contributed by atoms with Gasteiger partial charge in [0.25, 0.3) is 5.91 Å². The average molecular weight is 356 g/mol. The zero-order chi connectivity index (χ0) is 18.9. The Morgan fingerprint density at radius 3 is 2.19 bits per heavy atom. The van der Waals surface area contributed by atoms with Crippen molar-refractivity contribution in [2.45, 2.75) is 13.3 Å². The van der Waals surface area contributed by atoms with Gasteiger partial charge in [-0.2, -0.15) is 0 Å². The van der Waals surface area contributed by atoms with E-state index in [4.69, 9.17) is 15.2 Å². The van der Waals surface area contributed by atoms with Crippen LogP contribution in [0.5, 0.6) is 5.75 Å². The molecule has 7 heteroatoms. The summed E-state index contributed by atoms with van der Waals surface area (Å²) < 4.78 is 10.2. The standard InChI is InChI=1S/C19H20N2O5/c1-2-13-3-9-16(10-4-13)25-12-18(23)26-11-17(22)21-15-7-5-14(6-8-15)19(20)24/h3-10H,2,11-12H2,1H3,(H2,20,24)(H,21,22). The molecule has 0 fully saturated rings. The maximum absolute atomic E-state index is 11.8. The fourth-order valence-electron chi connectivity index (χ4n) is 2.07. The van der Waals surface area contributed by atoms with Crippen molar-refractivity contribution >= 4 is 23.5 Å². The van der Waals surface area contributed by atoms with Crippen LogP contribution in [0.1, 0.15) is 22.8 Å². The summed E-state index contributed by atoms with van der Waals surface area (Å²) in [5.41, 5.74) is 7.10. The van der Waals surface area contributed by atoms with Crippen LogP contribution in [-0.4, -0.2) is 31.0 Å². The average Bonchev–Trinajstić information content (AvgIpc) is 2.65. The number of carbonyl (C=O) groups is 3. The van der Waals surface area contributed by atoms with E-state index >= 15 is 0 Å². The van der Waals surface area contributed by atoms with Crippen molar-refractivity contribution in [3.8, 4) is 5.75 Å². The fourth-order valence-corrected chi connectivity index (χ4v) is 2.07. The minimum Gasteiger partial charge on any atom is -0.482 e. The minimum atomic E-state index is -0.649. The fraction of sp³-hybridized carbons (Fsp3) is 0.211. The Balaban J connectivity index is 1.72. The van der Waals surface area contributed by atoms with Gasteiger partial charge in [0.1, 0.15) is 5.75 Å². The molecule has 0 saturated heterocycles. The number of benzene rings is 2. The number of carbonyl (C=O) groups excluding carboxylic acids is 3. The van der Waals surface area contributed by atoms with Crippen LogP contribution in [0.25, 0.3) is 0 Å². The summed E-state index contributed by atoms with van der Waals surface area (Å²) in [6.45, 7) is 1.32. The van der Waals surface area contributed by atoms with E-state index < -0.39 is 24.4 Å². The van der Waals surface area contributed by atoms with Gasteiger partial charge >= 0.3 is 5.97 Å². The zero-order valence-corrected chi connectivity index (χ0v) is 14.4. The summed E-state index contributed by atoms with van der Waals surface area (Å²) in [7, 11) is 0. The van der Waals surface area contributed by atoms with Crippen LogP contribution >= 0.6 is 0 Å². The number of nitrogens with one attached hydrogen (secondary N) is 1. The number of nitrogens with two attached hydrogens (primary N) is 1. The number of rotatable bonds is 8. The summed E-state index contributed by atoms with van der Waals surface area (Å²) in [6, 6.07) is 13.4. The lowest BCUT2D eigenvalue weighted by molar-refractivity contribution is -0.149. The Kier molecular flexibility index (Phi) is 6.73. The molecule has 0 bridgehead atoms. The van der Waals surface area contributed by atoms with E-state index in [1.54, 1.807) is 12.1 Å². The number of esters is 1. The summed E-state index contributed by atoms with van der Waals surface area (Å²) in [5.74, 6) is -1.15. The second kappa shape index (κ2) is 9.22. The summed E-state index contributed by atoms with van der Waals surface area (Å²) in [6.07, 6.45) is 0.919. The highest BCUT2D eigenvalue weighted by molar-refractivity contribution is 5.95. The minimum absolute atomic E-state index is 0.286. The highest BCUT2D eigenvalue weighted by atomic mass is 16.6. The molecule has 0 aliphatic heterocycles. The molecule has 0 aliphatic carbocycles. The third kappa shape index (κ3) is 5.94. The third-order valence-electron chi connectivity index (χ3n) is 3.51. The van der Waals surface area contributed by atoms with Crippen LogP contribution in [-0.2, 0) is 20.7 Å². The summed E-state index contributed by atoms with van der Waals surface area (Å²) in [5, 5.41) is 2.54. The van der Waals surface area contributed by atoms with Gasteiger partial charge in [-0.15, -0.1) is 0 Å². The molecule has 0 saturated carbocycles. The molecule has 2 rings (SSSR count). The highest BCUT2D eigenvalue weighted by Gasteiger charge is 2.09. The van der Waals surface area contributed by atoms with Crippen LogP contribution in [0.15, 0.2) is 48.5 Å². The Morgan fingerprint density at radius 1 is 0.962 bits per heavy atom. The van der Waals surface area contributed by atoms with Crippen molar-refractivity contribution in [2.75, 3.05) is 18.5 Å². The smallest absolute Gasteiger partial charge is 0.344 e. The topological polar surface area (TPSA) is 108 Å². The number of primary amides is 1. The predicted octanol–water partition coefficient (Wildman–Crippen LogP) is 1.91. The molecule has 0 atom stereocenters. The van der Waals surface area contributed by atoms with E-state index in [2.05, 4.69) is 5.32 Å². The number of amides is 2. The van der Waals surface area contributed by atoms with E-state index in [0.29, 0.717) is 17.0 Å². The van der Waals surface area contributed by atoms with E-state index in [9.17, 15) is 14.4 Å². The molecule has 3 N–H and O–H groups in total. The third-order valence-corrected chi connectivity index (χ3v) is 3.51. The largest absolute Gasteiger partial charge is 0.482 e. The molecule has 0 aromatic heterocycles. The zero-order valence-electron chi connectivity index (χ0n) is 14.4. The first-order valence-electron chi connectivity index (χ1n) is 8.05. The molecule has 26 heavy (non-hydrogen) atoms. The highest BCUT2D eigenvalue weighted by Crippen LogP contribution is 2.12. The molecular weight excluding hydrogens is 336 g/mol. The number of hydrogen-bond donors (Lipinski definition) is 2. The molecule has 2 aromatic rings. The molecule has 0 unspecified atom stereocenters. The van der Waals surface area contributed by atoms with E-state index in [1.807, 2.05) is 19.1 Å². The lowest BCUT2D eigenvalue weighted by Crippen LogP contribution is -2.23. The molecule has 0 aliphatic rings. The Labute approximate surface area is 151 Å². The summed E-state index contributed by atoms with van der Waals surface area (Å²) >= 11 is 0. The van der Waals surface area contributed by atoms with E-state index in [1.165, 1.54) is 29.8 Å². The second-order valence-corrected chi connectivity index (χ2v) is 5.44. The first-order chi connectivity index (χ1) is 12.5. The second-order valence-electron chi connectivity index (χ2n) is 5.44. The van der Waals surface area contributed by atoms with Crippen LogP contribution in [0.2, 0.25) is 0 Å². The van der Waals surface area contributed by atoms with Gasteiger partial charge in [-0.3, -0.25) is 9.59 Å². The molecule has 2 amide bonds. The normalized spacial score (nSPS) is 10.0. The van der Waals surface area contributed by atoms with Gasteiger partial charge in [-0.05, 0) is 48.4 Å². The molecule has 0 radical (unpaired) electrons. The molecule has 0 heterocycles. The van der Waals surface area contributed by atoms with Crippen molar-refractivity contribution in [1.82, 2.24) is 0 Å². The SMILES string of the molecule is CCc1ccc(OCC(=O)OCC(=O)Nc2ccc(C(N)=O)cc2)cc1. The molecule has 136 valence electrons. The maximum atomic E-state index is 11.8. The van der Waals surface area contributed by atoms with Gasteiger partial charge in [0.05, 0.1) is 0 Å². The first kappa shape index (κ1) is 19.0. The molecule has 0 spiro atoms. The van der Waals surface area contributed by atoms with Gasteiger partial charge in [0.2, 0.25) is 5.91 Å². The maximum Gasteiger partial charge on any atom is 0.344 e. The van der Waals surface area contributed by atoms with Gasteiger partial charge in [-0.1, -0.05) is 19.1 Å². The van der Waals surface area contributed by atoms with E-state index in [0.717, 1.165) is 6.42 Å². The molecule has 7 nitrogen and oxygen atoms in total. The van der Waals surface area contributed by atoms with E-state index in [-0.39, 0.29) is 6.61 Å². The van der Waals surface area contributed by atoms with Crippen LogP contribution in [0.3, 0.4) is 0 Å². The predicted molar refractivity (Wildman–Crippen MR) is 95.9 cm³/mol. The molecule has 2 aromatic carbocycles. The lowest BCUT2D eigenvalue weighted by atomic mass is 10.2. The Morgan fingerprint density at radius 2 is 1.62 bits per heavy atom. The number of aryl methyl sites for hydroxylation is 1. The van der Waals surface area contributed by atoms with Crippen molar-refractivity contribution in [1.29, 1.82) is 0 Å². The summed E-state index contributed by atoms with van der Waals surface area (Å²) in [4.78, 5) is 34.4. The van der Waals surface area contributed by atoms with Gasteiger partial charge in [0, 0.05) is 11.3 Å². The van der Waals surface area contributed by atoms with Gasteiger partial charge < -0.3 is 20.5 Å². The van der Waals surface area contributed by atoms with Crippen molar-refractivity contribution in [3.05, 3.63) is 59.7 Å². The van der Waals surface area contributed by atoms with Gasteiger partial charge in [0.15, 0.2) is 13.2 Å². The van der Waals surface area contributed by atoms with Crippen LogP contribution in [0.4, 0.5) is 5.69 Å². The number of anilines is 1. The van der Waals surface area contributed by atoms with Crippen molar-refractivity contribution in [3.63, 3.8) is 0 Å². The number of ether oxygens (including phenoxy) is 2. The first-order valence-corrected chi connectivity index (χ1v) is 8.05. The van der Waals surface area contributed by atoms with Crippen LogP contribution < -0.4 is 15.8 Å².